The van der Waals surface area contributed by atoms with E-state index in [9.17, 15) is 0 Å². The van der Waals surface area contributed by atoms with Crippen molar-refractivity contribution < 1.29 is 0 Å². The van der Waals surface area contributed by atoms with Crippen LogP contribution < -0.4 is 0 Å². The SMILES string of the molecule is CC.Cc1cn2c(C)nnc2cn1. The van der Waals surface area contributed by atoms with Gasteiger partial charge in [-0.05, 0) is 13.8 Å². The van der Waals surface area contributed by atoms with Crippen LogP contribution in [0.1, 0.15) is 25.4 Å². The van der Waals surface area contributed by atoms with E-state index in [1.165, 1.54) is 0 Å². The highest BCUT2D eigenvalue weighted by Crippen LogP contribution is 2.01. The number of rotatable bonds is 0. The maximum atomic E-state index is 4.10. The maximum Gasteiger partial charge on any atom is 0.179 e. The third kappa shape index (κ3) is 1.83. The van der Waals surface area contributed by atoms with Gasteiger partial charge in [-0.2, -0.15) is 0 Å². The molecular weight excluding hydrogens is 164 g/mol. The smallest absolute Gasteiger partial charge is 0.179 e. The second kappa shape index (κ2) is 3.98. The van der Waals surface area contributed by atoms with Crippen LogP contribution in [-0.2, 0) is 0 Å². The number of aryl methyl sites for hydroxylation is 2. The number of fused-ring (bicyclic) bond motifs is 1. The largest absolute Gasteiger partial charge is 0.284 e. The zero-order valence-electron chi connectivity index (χ0n) is 8.44. The van der Waals surface area contributed by atoms with Crippen LogP contribution in [0.4, 0.5) is 0 Å². The van der Waals surface area contributed by atoms with Crippen molar-refractivity contribution in [2.75, 3.05) is 0 Å². The van der Waals surface area contributed by atoms with E-state index in [1.807, 2.05) is 38.3 Å². The Labute approximate surface area is 77.6 Å². The first-order valence-electron chi connectivity index (χ1n) is 4.41. The summed E-state index contributed by atoms with van der Waals surface area (Å²) >= 11 is 0. The molecule has 0 unspecified atom stereocenters. The molecule has 0 spiro atoms. The van der Waals surface area contributed by atoms with Crippen molar-refractivity contribution in [3.63, 3.8) is 0 Å². The van der Waals surface area contributed by atoms with E-state index < -0.39 is 0 Å². The van der Waals surface area contributed by atoms with Crippen molar-refractivity contribution >= 4 is 5.65 Å². The molecule has 0 aliphatic rings. The van der Waals surface area contributed by atoms with E-state index in [0.717, 1.165) is 17.2 Å². The maximum absolute atomic E-state index is 4.10. The predicted molar refractivity (Wildman–Crippen MR) is 51.6 cm³/mol. The zero-order chi connectivity index (χ0) is 9.84. The minimum absolute atomic E-state index is 0.799. The summed E-state index contributed by atoms with van der Waals surface area (Å²) in [4.78, 5) is 4.10. The van der Waals surface area contributed by atoms with Crippen molar-refractivity contribution in [3.8, 4) is 0 Å². The van der Waals surface area contributed by atoms with Crippen LogP contribution in [0.25, 0.3) is 5.65 Å². The Hall–Kier alpha value is -1.45. The van der Waals surface area contributed by atoms with Gasteiger partial charge in [0.05, 0.1) is 11.9 Å². The third-order valence-corrected chi connectivity index (χ3v) is 1.59. The molecule has 0 aliphatic heterocycles. The fraction of sp³-hybridized carbons (Fsp3) is 0.444. The number of hydrogen-bond acceptors (Lipinski definition) is 3. The molecule has 2 aromatic heterocycles. The minimum atomic E-state index is 0.799. The van der Waals surface area contributed by atoms with E-state index >= 15 is 0 Å². The highest BCUT2D eigenvalue weighted by molar-refractivity contribution is 5.34. The summed E-state index contributed by atoms with van der Waals surface area (Å²) < 4.78 is 1.92. The number of aromatic nitrogens is 4. The molecule has 0 saturated carbocycles. The van der Waals surface area contributed by atoms with Gasteiger partial charge < -0.3 is 0 Å². The Bertz CT molecular complexity index is 391. The lowest BCUT2D eigenvalue weighted by Crippen LogP contribution is -1.90. The van der Waals surface area contributed by atoms with Gasteiger partial charge in [-0.1, -0.05) is 13.8 Å². The van der Waals surface area contributed by atoms with Gasteiger partial charge in [-0.15, -0.1) is 10.2 Å². The standard InChI is InChI=1S/C7H8N4.C2H6/c1-5-4-11-6(2)9-10-7(11)3-8-5;1-2/h3-4H,1-2H3;1-2H3. The lowest BCUT2D eigenvalue weighted by Gasteiger charge is -1.93. The molecule has 0 aliphatic carbocycles. The van der Waals surface area contributed by atoms with Crippen LogP contribution in [0.2, 0.25) is 0 Å². The van der Waals surface area contributed by atoms with Gasteiger partial charge in [-0.3, -0.25) is 9.38 Å². The van der Waals surface area contributed by atoms with Gasteiger partial charge in [0.15, 0.2) is 5.65 Å². The van der Waals surface area contributed by atoms with E-state index in [1.54, 1.807) is 6.20 Å². The van der Waals surface area contributed by atoms with Crippen LogP contribution in [0, 0.1) is 13.8 Å². The molecule has 0 N–H and O–H groups in total. The second-order valence-electron chi connectivity index (χ2n) is 2.50. The monoisotopic (exact) mass is 178 g/mol. The first kappa shape index (κ1) is 9.64. The summed E-state index contributed by atoms with van der Waals surface area (Å²) in [7, 11) is 0. The molecule has 0 bridgehead atoms. The van der Waals surface area contributed by atoms with Crippen molar-refractivity contribution in [2.24, 2.45) is 0 Å². The minimum Gasteiger partial charge on any atom is -0.284 e. The average molecular weight is 178 g/mol. The highest BCUT2D eigenvalue weighted by Gasteiger charge is 1.98. The summed E-state index contributed by atoms with van der Waals surface area (Å²) in [6, 6.07) is 0. The summed E-state index contributed by atoms with van der Waals surface area (Å²) in [6.07, 6.45) is 3.64. The fourth-order valence-corrected chi connectivity index (χ4v) is 1.01. The topological polar surface area (TPSA) is 43.1 Å². The Balaban J connectivity index is 0.000000396. The summed E-state index contributed by atoms with van der Waals surface area (Å²) in [5, 5.41) is 7.82. The highest BCUT2D eigenvalue weighted by atomic mass is 15.2. The summed E-state index contributed by atoms with van der Waals surface area (Å²) in [5.74, 6) is 0.894. The molecule has 0 aromatic carbocycles. The quantitative estimate of drug-likeness (QED) is 0.617. The van der Waals surface area contributed by atoms with Crippen molar-refractivity contribution in [3.05, 3.63) is 23.9 Å². The van der Waals surface area contributed by atoms with Crippen LogP contribution in [0.15, 0.2) is 12.4 Å². The molecule has 0 saturated heterocycles. The summed E-state index contributed by atoms with van der Waals surface area (Å²) in [6.45, 7) is 7.86. The molecule has 70 valence electrons. The van der Waals surface area contributed by atoms with Gasteiger partial charge in [0, 0.05) is 6.20 Å². The van der Waals surface area contributed by atoms with Gasteiger partial charge in [0.1, 0.15) is 5.82 Å². The third-order valence-electron chi connectivity index (χ3n) is 1.59. The first-order valence-corrected chi connectivity index (χ1v) is 4.41. The van der Waals surface area contributed by atoms with Gasteiger partial charge in [0.2, 0.25) is 0 Å². The van der Waals surface area contributed by atoms with Crippen molar-refractivity contribution in [2.45, 2.75) is 27.7 Å². The molecule has 13 heavy (non-hydrogen) atoms. The van der Waals surface area contributed by atoms with Crippen LogP contribution in [-0.4, -0.2) is 19.6 Å². The first-order chi connectivity index (χ1) is 6.27. The number of nitrogens with zero attached hydrogens (tertiary/aromatic N) is 4. The van der Waals surface area contributed by atoms with E-state index in [4.69, 9.17) is 0 Å². The van der Waals surface area contributed by atoms with Crippen molar-refractivity contribution in [1.29, 1.82) is 0 Å². The molecule has 0 atom stereocenters. The Morgan fingerprint density at radius 3 is 2.54 bits per heavy atom. The molecule has 0 radical (unpaired) electrons. The molecule has 2 heterocycles. The molecule has 4 heteroatoms. The molecule has 2 rings (SSSR count). The summed E-state index contributed by atoms with van der Waals surface area (Å²) in [5.41, 5.74) is 1.77. The lowest BCUT2D eigenvalue weighted by atomic mass is 10.5. The predicted octanol–water partition coefficient (Wildman–Crippen LogP) is 1.77. The van der Waals surface area contributed by atoms with Gasteiger partial charge in [-0.25, -0.2) is 0 Å². The van der Waals surface area contributed by atoms with Crippen molar-refractivity contribution in [1.82, 2.24) is 19.6 Å². The van der Waals surface area contributed by atoms with Crippen LogP contribution >= 0.6 is 0 Å². The average Bonchev–Trinajstić information content (AvgIpc) is 2.52. The molecule has 0 fully saturated rings. The van der Waals surface area contributed by atoms with Crippen LogP contribution in [0.5, 0.6) is 0 Å². The Morgan fingerprint density at radius 1 is 1.15 bits per heavy atom. The zero-order valence-corrected chi connectivity index (χ0v) is 8.44. The fourth-order valence-electron chi connectivity index (χ4n) is 1.01. The Morgan fingerprint density at radius 2 is 1.85 bits per heavy atom. The molecule has 2 aromatic rings. The van der Waals surface area contributed by atoms with E-state index in [0.29, 0.717) is 0 Å². The van der Waals surface area contributed by atoms with Gasteiger partial charge in [0.25, 0.3) is 0 Å². The molecular formula is C9H14N4. The lowest BCUT2D eigenvalue weighted by molar-refractivity contribution is 0.989. The van der Waals surface area contributed by atoms with E-state index in [2.05, 4.69) is 15.2 Å². The number of hydrogen-bond donors (Lipinski definition) is 0. The molecule has 4 nitrogen and oxygen atoms in total. The van der Waals surface area contributed by atoms with Crippen LogP contribution in [0.3, 0.4) is 0 Å². The normalized spacial score (nSPS) is 9.54. The Kier molecular flexibility index (Phi) is 2.95. The van der Waals surface area contributed by atoms with Gasteiger partial charge >= 0.3 is 0 Å². The molecule has 0 amide bonds. The second-order valence-corrected chi connectivity index (χ2v) is 2.50. The van der Waals surface area contributed by atoms with E-state index in [-0.39, 0.29) is 0 Å².